The van der Waals surface area contributed by atoms with Crippen LogP contribution in [0, 0.1) is 6.92 Å². The van der Waals surface area contributed by atoms with Gasteiger partial charge in [-0.2, -0.15) is 5.10 Å². The lowest BCUT2D eigenvalue weighted by atomic mass is 10.1. The van der Waals surface area contributed by atoms with Gasteiger partial charge in [0.1, 0.15) is 6.54 Å². The molecule has 1 heterocycles. The third-order valence-corrected chi connectivity index (χ3v) is 2.62. The maximum atomic E-state index is 11.8. The lowest BCUT2D eigenvalue weighted by Crippen LogP contribution is -2.19. The van der Waals surface area contributed by atoms with Crippen molar-refractivity contribution in [1.29, 1.82) is 0 Å². The zero-order valence-corrected chi connectivity index (χ0v) is 10.9. The van der Waals surface area contributed by atoms with Crippen LogP contribution in [0.4, 0.5) is 5.69 Å². The van der Waals surface area contributed by atoms with Gasteiger partial charge < -0.3 is 5.32 Å². The Labute approximate surface area is 111 Å². The molecular weight excluding hydrogens is 242 g/mol. The van der Waals surface area contributed by atoms with E-state index in [1.54, 1.807) is 41.3 Å². The van der Waals surface area contributed by atoms with E-state index < -0.39 is 0 Å². The zero-order chi connectivity index (χ0) is 13.8. The van der Waals surface area contributed by atoms with E-state index in [2.05, 4.69) is 10.4 Å². The molecule has 0 saturated carbocycles. The average molecular weight is 257 g/mol. The Bertz CT molecular complexity index is 617. The van der Waals surface area contributed by atoms with Gasteiger partial charge in [-0.15, -0.1) is 0 Å². The highest BCUT2D eigenvalue weighted by Crippen LogP contribution is 2.11. The molecule has 0 aliphatic carbocycles. The Kier molecular flexibility index (Phi) is 3.75. The SMILES string of the molecule is CC(=O)c1cccc(NC(=O)Cn2cc(C)cn2)c1. The van der Waals surface area contributed by atoms with E-state index >= 15 is 0 Å². The van der Waals surface area contributed by atoms with Crippen molar-refractivity contribution < 1.29 is 9.59 Å². The van der Waals surface area contributed by atoms with Gasteiger partial charge in [-0.25, -0.2) is 0 Å². The monoisotopic (exact) mass is 257 g/mol. The number of nitrogens with zero attached hydrogens (tertiary/aromatic N) is 2. The number of carbonyl (C=O) groups is 2. The molecule has 98 valence electrons. The second kappa shape index (κ2) is 5.48. The lowest BCUT2D eigenvalue weighted by molar-refractivity contribution is -0.116. The summed E-state index contributed by atoms with van der Waals surface area (Å²) < 4.78 is 1.57. The van der Waals surface area contributed by atoms with E-state index in [4.69, 9.17) is 0 Å². The molecule has 1 amide bonds. The van der Waals surface area contributed by atoms with Crippen LogP contribution in [-0.2, 0) is 11.3 Å². The number of carbonyl (C=O) groups excluding carboxylic acids is 2. The van der Waals surface area contributed by atoms with Crippen molar-refractivity contribution in [2.45, 2.75) is 20.4 Å². The zero-order valence-electron chi connectivity index (χ0n) is 10.9. The van der Waals surface area contributed by atoms with Gasteiger partial charge in [-0.3, -0.25) is 14.3 Å². The fraction of sp³-hybridized carbons (Fsp3) is 0.214. The molecule has 0 atom stereocenters. The van der Waals surface area contributed by atoms with Crippen LogP contribution in [0.2, 0.25) is 0 Å². The summed E-state index contributed by atoms with van der Waals surface area (Å²) in [6, 6.07) is 6.87. The van der Waals surface area contributed by atoms with E-state index in [0.717, 1.165) is 5.56 Å². The van der Waals surface area contributed by atoms with E-state index in [-0.39, 0.29) is 18.2 Å². The fourth-order valence-corrected chi connectivity index (χ4v) is 1.72. The quantitative estimate of drug-likeness (QED) is 0.852. The van der Waals surface area contributed by atoms with Crippen LogP contribution >= 0.6 is 0 Å². The first kappa shape index (κ1) is 13.0. The number of hydrogen-bond acceptors (Lipinski definition) is 3. The molecule has 2 rings (SSSR count). The summed E-state index contributed by atoms with van der Waals surface area (Å²) in [6.07, 6.45) is 3.50. The Balaban J connectivity index is 2.02. The number of aryl methyl sites for hydroxylation is 1. The van der Waals surface area contributed by atoms with Gasteiger partial charge in [0.25, 0.3) is 0 Å². The first-order chi connectivity index (χ1) is 9.04. The van der Waals surface area contributed by atoms with E-state index in [1.807, 2.05) is 6.92 Å². The molecule has 0 saturated heterocycles. The van der Waals surface area contributed by atoms with E-state index in [9.17, 15) is 9.59 Å². The normalized spacial score (nSPS) is 10.2. The maximum absolute atomic E-state index is 11.8. The van der Waals surface area contributed by atoms with Crippen molar-refractivity contribution in [2.75, 3.05) is 5.32 Å². The Morgan fingerprint density at radius 2 is 2.16 bits per heavy atom. The molecule has 0 aliphatic heterocycles. The summed E-state index contributed by atoms with van der Waals surface area (Å²) in [7, 11) is 0. The molecule has 0 spiro atoms. The van der Waals surface area contributed by atoms with Crippen LogP contribution in [0.5, 0.6) is 0 Å². The summed E-state index contributed by atoms with van der Waals surface area (Å²) in [5.41, 5.74) is 2.20. The minimum absolute atomic E-state index is 0.0289. The summed E-state index contributed by atoms with van der Waals surface area (Å²) in [5, 5.41) is 6.79. The predicted molar refractivity (Wildman–Crippen MR) is 72.0 cm³/mol. The number of ketones is 1. The van der Waals surface area contributed by atoms with Crippen LogP contribution in [0.3, 0.4) is 0 Å². The number of anilines is 1. The van der Waals surface area contributed by atoms with Crippen LogP contribution in [0.25, 0.3) is 0 Å². The smallest absolute Gasteiger partial charge is 0.246 e. The predicted octanol–water partition coefficient (Wildman–Crippen LogP) is 2.03. The fourth-order valence-electron chi connectivity index (χ4n) is 1.72. The van der Waals surface area contributed by atoms with Crippen molar-refractivity contribution in [3.8, 4) is 0 Å². The molecule has 0 bridgehead atoms. The molecule has 0 radical (unpaired) electrons. The van der Waals surface area contributed by atoms with Gasteiger partial charge in [0.15, 0.2) is 5.78 Å². The van der Waals surface area contributed by atoms with Gasteiger partial charge in [-0.05, 0) is 31.5 Å². The highest BCUT2D eigenvalue weighted by molar-refractivity contribution is 5.97. The molecule has 0 fully saturated rings. The minimum atomic E-state index is -0.177. The minimum Gasteiger partial charge on any atom is -0.324 e. The number of nitrogens with one attached hydrogen (secondary N) is 1. The molecule has 2 aromatic rings. The first-order valence-corrected chi connectivity index (χ1v) is 5.94. The molecule has 1 N–H and O–H groups in total. The molecule has 5 heteroatoms. The molecule has 1 aromatic heterocycles. The summed E-state index contributed by atoms with van der Waals surface area (Å²) >= 11 is 0. The summed E-state index contributed by atoms with van der Waals surface area (Å²) in [6.45, 7) is 3.56. The number of amides is 1. The van der Waals surface area contributed by atoms with Gasteiger partial charge >= 0.3 is 0 Å². The lowest BCUT2D eigenvalue weighted by Gasteiger charge is -2.06. The molecular formula is C14H15N3O2. The topological polar surface area (TPSA) is 64.0 Å². The van der Waals surface area contributed by atoms with Crippen molar-refractivity contribution >= 4 is 17.4 Å². The van der Waals surface area contributed by atoms with Crippen LogP contribution < -0.4 is 5.32 Å². The maximum Gasteiger partial charge on any atom is 0.246 e. The molecule has 1 aromatic carbocycles. The summed E-state index contributed by atoms with van der Waals surface area (Å²) in [5.74, 6) is -0.206. The van der Waals surface area contributed by atoms with E-state index in [0.29, 0.717) is 11.3 Å². The molecule has 0 unspecified atom stereocenters. The second-order valence-electron chi connectivity index (χ2n) is 4.40. The van der Waals surface area contributed by atoms with Crippen molar-refractivity contribution in [3.05, 3.63) is 47.8 Å². The Morgan fingerprint density at radius 1 is 1.37 bits per heavy atom. The summed E-state index contributed by atoms with van der Waals surface area (Å²) in [4.78, 5) is 23.1. The first-order valence-electron chi connectivity index (χ1n) is 5.94. The largest absolute Gasteiger partial charge is 0.324 e. The van der Waals surface area contributed by atoms with Crippen LogP contribution in [-0.4, -0.2) is 21.5 Å². The third-order valence-electron chi connectivity index (χ3n) is 2.62. The van der Waals surface area contributed by atoms with E-state index in [1.165, 1.54) is 6.92 Å². The highest BCUT2D eigenvalue weighted by atomic mass is 16.2. The van der Waals surface area contributed by atoms with Gasteiger partial charge in [0.2, 0.25) is 5.91 Å². The Morgan fingerprint density at radius 3 is 2.79 bits per heavy atom. The molecule has 5 nitrogen and oxygen atoms in total. The van der Waals surface area contributed by atoms with Gasteiger partial charge in [-0.1, -0.05) is 12.1 Å². The van der Waals surface area contributed by atoms with Crippen LogP contribution in [0.1, 0.15) is 22.8 Å². The number of rotatable bonds is 4. The second-order valence-corrected chi connectivity index (χ2v) is 4.40. The van der Waals surface area contributed by atoms with Crippen molar-refractivity contribution in [1.82, 2.24) is 9.78 Å². The van der Waals surface area contributed by atoms with Crippen molar-refractivity contribution in [2.24, 2.45) is 0 Å². The standard InChI is InChI=1S/C14H15N3O2/c1-10-7-15-17(8-10)9-14(19)16-13-5-3-4-12(6-13)11(2)18/h3-8H,9H2,1-2H3,(H,16,19). The number of benzene rings is 1. The Hall–Kier alpha value is -2.43. The number of Topliss-reactive ketones (excluding diaryl/α,β-unsaturated/α-hetero) is 1. The van der Waals surface area contributed by atoms with Gasteiger partial charge in [0.05, 0.1) is 6.20 Å². The van der Waals surface area contributed by atoms with Crippen molar-refractivity contribution in [3.63, 3.8) is 0 Å². The molecule has 19 heavy (non-hydrogen) atoms. The van der Waals surface area contributed by atoms with Crippen LogP contribution in [0.15, 0.2) is 36.7 Å². The number of hydrogen-bond donors (Lipinski definition) is 1. The number of aromatic nitrogens is 2. The third kappa shape index (κ3) is 3.51. The average Bonchev–Trinajstić information content (AvgIpc) is 2.74. The molecule has 0 aliphatic rings. The highest BCUT2D eigenvalue weighted by Gasteiger charge is 2.06. The van der Waals surface area contributed by atoms with Gasteiger partial charge in [0, 0.05) is 17.4 Å².